The number of benzene rings is 1. The molecule has 1 amide bonds. The van der Waals surface area contributed by atoms with Crippen LogP contribution in [0.4, 0.5) is 8.78 Å². The Hall–Kier alpha value is -1.30. The van der Waals surface area contributed by atoms with Gasteiger partial charge in [0.2, 0.25) is 0 Å². The second kappa shape index (κ2) is 3.87. The summed E-state index contributed by atoms with van der Waals surface area (Å²) in [5.74, 6) is -1.98. The van der Waals surface area contributed by atoms with E-state index in [0.717, 1.165) is 6.07 Å². The third kappa shape index (κ3) is 1.97. The standard InChI is InChI=1S/C11H9BrF2N2O/c1-11(2)10(17)15-9(16-11)5-3-4-6(13)8(14)7(5)12/h3-4H,1-2H3,(H,15,16,17). The SMILES string of the molecule is CC1(C)N=C(c2ccc(F)c(F)c2Br)NC1=O. The van der Waals surface area contributed by atoms with Crippen molar-refractivity contribution in [3.8, 4) is 0 Å². The predicted molar refractivity (Wildman–Crippen MR) is 62.8 cm³/mol. The summed E-state index contributed by atoms with van der Waals surface area (Å²) in [6.07, 6.45) is 0. The molecular weight excluding hydrogens is 294 g/mol. The highest BCUT2D eigenvalue weighted by molar-refractivity contribution is 9.10. The molecular formula is C11H9BrF2N2O. The number of aliphatic imine (C=N–C) groups is 1. The van der Waals surface area contributed by atoms with Crippen molar-refractivity contribution in [3.63, 3.8) is 0 Å². The molecule has 0 fully saturated rings. The lowest BCUT2D eigenvalue weighted by atomic mass is 10.1. The van der Waals surface area contributed by atoms with Gasteiger partial charge in [-0.25, -0.2) is 8.78 Å². The molecule has 0 unspecified atom stereocenters. The number of halogens is 3. The van der Waals surface area contributed by atoms with E-state index in [1.165, 1.54) is 6.07 Å². The number of rotatable bonds is 1. The lowest BCUT2D eigenvalue weighted by Gasteiger charge is -2.07. The number of carbonyl (C=O) groups is 1. The Bertz CT molecular complexity index is 541. The molecule has 6 heteroatoms. The minimum Gasteiger partial charge on any atom is -0.308 e. The second-order valence-corrected chi connectivity index (χ2v) is 4.99. The van der Waals surface area contributed by atoms with E-state index in [9.17, 15) is 13.6 Å². The van der Waals surface area contributed by atoms with E-state index in [-0.39, 0.29) is 16.2 Å². The van der Waals surface area contributed by atoms with Crippen molar-refractivity contribution < 1.29 is 13.6 Å². The molecule has 0 atom stereocenters. The maximum atomic E-state index is 13.3. The van der Waals surface area contributed by atoms with Crippen LogP contribution in [0.25, 0.3) is 0 Å². The fourth-order valence-electron chi connectivity index (χ4n) is 1.46. The zero-order valence-electron chi connectivity index (χ0n) is 9.14. The monoisotopic (exact) mass is 302 g/mol. The highest BCUT2D eigenvalue weighted by atomic mass is 79.9. The first-order chi connectivity index (χ1) is 7.83. The largest absolute Gasteiger partial charge is 0.308 e. The number of nitrogens with one attached hydrogen (secondary N) is 1. The van der Waals surface area contributed by atoms with Gasteiger partial charge in [-0.1, -0.05) is 0 Å². The highest BCUT2D eigenvalue weighted by Crippen LogP contribution is 2.26. The van der Waals surface area contributed by atoms with Crippen molar-refractivity contribution in [1.29, 1.82) is 0 Å². The summed E-state index contributed by atoms with van der Waals surface area (Å²) in [6, 6.07) is 2.36. The predicted octanol–water partition coefficient (Wildman–Crippen LogP) is 2.38. The van der Waals surface area contributed by atoms with Crippen molar-refractivity contribution in [2.75, 3.05) is 0 Å². The summed E-state index contributed by atoms with van der Waals surface area (Å²) in [5, 5.41) is 2.54. The Morgan fingerprint density at radius 1 is 1.35 bits per heavy atom. The smallest absolute Gasteiger partial charge is 0.252 e. The van der Waals surface area contributed by atoms with Crippen LogP contribution in [0.1, 0.15) is 19.4 Å². The second-order valence-electron chi connectivity index (χ2n) is 4.20. The van der Waals surface area contributed by atoms with Crippen molar-refractivity contribution in [2.24, 2.45) is 4.99 Å². The molecule has 0 saturated carbocycles. The Morgan fingerprint density at radius 2 is 2.00 bits per heavy atom. The van der Waals surface area contributed by atoms with Gasteiger partial charge < -0.3 is 5.32 Å². The molecule has 0 aliphatic carbocycles. The quantitative estimate of drug-likeness (QED) is 0.795. The molecule has 3 nitrogen and oxygen atoms in total. The average Bonchev–Trinajstić information content (AvgIpc) is 2.50. The van der Waals surface area contributed by atoms with Crippen LogP contribution >= 0.6 is 15.9 Å². The molecule has 17 heavy (non-hydrogen) atoms. The summed E-state index contributed by atoms with van der Waals surface area (Å²) < 4.78 is 26.2. The Labute approximate surface area is 105 Å². The molecule has 1 aliphatic rings. The van der Waals surface area contributed by atoms with E-state index >= 15 is 0 Å². The van der Waals surface area contributed by atoms with E-state index in [0.29, 0.717) is 5.56 Å². The average molecular weight is 303 g/mol. The molecule has 1 aromatic carbocycles. The molecule has 0 aromatic heterocycles. The number of hydrogen-bond donors (Lipinski definition) is 1. The van der Waals surface area contributed by atoms with Crippen LogP contribution in [0, 0.1) is 11.6 Å². The Balaban J connectivity index is 2.51. The summed E-state index contributed by atoms with van der Waals surface area (Å²) in [5.41, 5.74) is -0.567. The van der Waals surface area contributed by atoms with Crippen molar-refractivity contribution in [1.82, 2.24) is 5.32 Å². The van der Waals surface area contributed by atoms with E-state index < -0.39 is 17.2 Å². The first-order valence-corrected chi connectivity index (χ1v) is 5.67. The van der Waals surface area contributed by atoms with Crippen LogP contribution in [0.15, 0.2) is 21.6 Å². The molecule has 1 N–H and O–H groups in total. The number of nitrogens with zero attached hydrogens (tertiary/aromatic N) is 1. The summed E-state index contributed by atoms with van der Waals surface area (Å²) in [7, 11) is 0. The third-order valence-corrected chi connectivity index (χ3v) is 3.24. The zero-order valence-corrected chi connectivity index (χ0v) is 10.7. The Morgan fingerprint density at radius 3 is 2.53 bits per heavy atom. The molecule has 0 radical (unpaired) electrons. The van der Waals surface area contributed by atoms with Crippen LogP contribution in [0.2, 0.25) is 0 Å². The fourth-order valence-corrected chi connectivity index (χ4v) is 1.96. The van der Waals surface area contributed by atoms with Gasteiger partial charge in [-0.3, -0.25) is 9.79 Å². The molecule has 1 heterocycles. The van der Waals surface area contributed by atoms with Crippen LogP contribution in [-0.4, -0.2) is 17.3 Å². The zero-order chi connectivity index (χ0) is 12.8. The fraction of sp³-hybridized carbons (Fsp3) is 0.273. The lowest BCUT2D eigenvalue weighted by molar-refractivity contribution is -0.122. The van der Waals surface area contributed by atoms with Gasteiger partial charge in [-0.15, -0.1) is 0 Å². The highest BCUT2D eigenvalue weighted by Gasteiger charge is 2.35. The molecule has 1 aliphatic heterocycles. The Kier molecular flexibility index (Phi) is 2.77. The first kappa shape index (κ1) is 12.2. The van der Waals surface area contributed by atoms with Gasteiger partial charge in [0.1, 0.15) is 11.4 Å². The third-order valence-electron chi connectivity index (χ3n) is 2.47. The van der Waals surface area contributed by atoms with Crippen molar-refractivity contribution in [3.05, 3.63) is 33.8 Å². The van der Waals surface area contributed by atoms with E-state index in [1.807, 2.05) is 0 Å². The van der Waals surface area contributed by atoms with E-state index in [2.05, 4.69) is 26.2 Å². The van der Waals surface area contributed by atoms with E-state index in [4.69, 9.17) is 0 Å². The van der Waals surface area contributed by atoms with Crippen LogP contribution in [0.5, 0.6) is 0 Å². The van der Waals surface area contributed by atoms with Crippen molar-refractivity contribution in [2.45, 2.75) is 19.4 Å². The van der Waals surface area contributed by atoms with Crippen molar-refractivity contribution >= 4 is 27.7 Å². The maximum Gasteiger partial charge on any atom is 0.252 e. The van der Waals surface area contributed by atoms with Gasteiger partial charge in [0.15, 0.2) is 11.6 Å². The van der Waals surface area contributed by atoms with Crippen LogP contribution in [0.3, 0.4) is 0 Å². The summed E-state index contributed by atoms with van der Waals surface area (Å²) in [4.78, 5) is 15.7. The normalized spacial score (nSPS) is 17.9. The van der Waals surface area contributed by atoms with Gasteiger partial charge in [-0.2, -0.15) is 0 Å². The number of hydrogen-bond acceptors (Lipinski definition) is 2. The summed E-state index contributed by atoms with van der Waals surface area (Å²) >= 11 is 2.95. The molecule has 2 rings (SSSR count). The van der Waals surface area contributed by atoms with Gasteiger partial charge in [0, 0.05) is 5.56 Å². The maximum absolute atomic E-state index is 13.3. The molecule has 90 valence electrons. The summed E-state index contributed by atoms with van der Waals surface area (Å²) in [6.45, 7) is 3.28. The van der Waals surface area contributed by atoms with Crippen LogP contribution in [-0.2, 0) is 4.79 Å². The number of carbonyl (C=O) groups excluding carboxylic acids is 1. The molecule has 0 bridgehead atoms. The minimum absolute atomic E-state index is 0.0470. The van der Waals surface area contributed by atoms with Gasteiger partial charge >= 0.3 is 0 Å². The first-order valence-electron chi connectivity index (χ1n) is 4.88. The van der Waals surface area contributed by atoms with Crippen LogP contribution < -0.4 is 5.32 Å². The number of amidine groups is 1. The van der Waals surface area contributed by atoms with Gasteiger partial charge in [-0.05, 0) is 41.9 Å². The minimum atomic E-state index is -0.996. The van der Waals surface area contributed by atoms with Gasteiger partial charge in [0.25, 0.3) is 5.91 Å². The molecule has 0 spiro atoms. The topological polar surface area (TPSA) is 41.5 Å². The number of amides is 1. The molecule has 1 aromatic rings. The van der Waals surface area contributed by atoms with Gasteiger partial charge in [0.05, 0.1) is 4.47 Å². The molecule has 0 saturated heterocycles. The lowest BCUT2D eigenvalue weighted by Crippen LogP contribution is -2.34. The van der Waals surface area contributed by atoms with E-state index in [1.54, 1.807) is 13.8 Å².